The van der Waals surface area contributed by atoms with Gasteiger partial charge >= 0.3 is 0 Å². The van der Waals surface area contributed by atoms with Crippen LogP contribution in [0.3, 0.4) is 0 Å². The lowest BCUT2D eigenvalue weighted by Crippen LogP contribution is -2.60. The number of fused-ring (bicyclic) bond motifs is 1. The third-order valence-corrected chi connectivity index (χ3v) is 7.30. The zero-order valence-corrected chi connectivity index (χ0v) is 21.6. The van der Waals surface area contributed by atoms with Crippen LogP contribution in [-0.4, -0.2) is 95.7 Å². The maximum absolute atomic E-state index is 13.1. The Morgan fingerprint density at radius 2 is 1.49 bits per heavy atom. The van der Waals surface area contributed by atoms with E-state index < -0.39 is 100 Å². The Balaban J connectivity index is 1.58. The Hall–Kier alpha value is -3.76. The monoisotopic (exact) mass is 576 g/mol. The van der Waals surface area contributed by atoms with Gasteiger partial charge in [-0.2, -0.15) is 0 Å². The molecule has 2 aliphatic rings. The van der Waals surface area contributed by atoms with Gasteiger partial charge in [-0.05, 0) is 32.0 Å². The predicted molar refractivity (Wildman–Crippen MR) is 136 cm³/mol. The van der Waals surface area contributed by atoms with Crippen molar-refractivity contribution in [3.05, 3.63) is 46.1 Å². The van der Waals surface area contributed by atoms with Crippen LogP contribution in [0.4, 0.5) is 0 Å². The van der Waals surface area contributed by atoms with E-state index in [1.807, 2.05) is 0 Å². The third-order valence-electron chi connectivity index (χ3n) is 7.30. The molecule has 5 rings (SSSR count). The van der Waals surface area contributed by atoms with Crippen LogP contribution < -0.4 is 5.43 Å². The van der Waals surface area contributed by atoms with Crippen molar-refractivity contribution in [2.45, 2.75) is 69.0 Å². The Labute approximate surface area is 230 Å². The molecule has 2 fully saturated rings. The second-order valence-electron chi connectivity index (χ2n) is 10.1. The molecule has 2 saturated heterocycles. The number of aromatic hydroxyl groups is 4. The summed E-state index contributed by atoms with van der Waals surface area (Å²) in [5.74, 6) is -3.42. The van der Waals surface area contributed by atoms with Crippen LogP contribution in [0.2, 0.25) is 0 Å². The Morgan fingerprint density at radius 1 is 0.780 bits per heavy atom. The van der Waals surface area contributed by atoms with Crippen LogP contribution in [0.5, 0.6) is 23.0 Å². The molecule has 0 saturated carbocycles. The highest BCUT2D eigenvalue weighted by Gasteiger charge is 2.50. The first kappa shape index (κ1) is 28.8. The maximum atomic E-state index is 13.1. The summed E-state index contributed by atoms with van der Waals surface area (Å²) in [5, 5.41) is 82.0. The van der Waals surface area contributed by atoms with Crippen LogP contribution in [-0.2, 0) is 19.0 Å². The van der Waals surface area contributed by atoms with Gasteiger partial charge in [0.1, 0.15) is 58.7 Å². The van der Waals surface area contributed by atoms with Crippen LogP contribution in [0, 0.1) is 0 Å². The van der Waals surface area contributed by atoms with Gasteiger partial charge in [-0.3, -0.25) is 9.59 Å². The zero-order valence-electron chi connectivity index (χ0n) is 21.6. The van der Waals surface area contributed by atoms with Crippen LogP contribution in [0.15, 0.2) is 39.5 Å². The first-order valence-electron chi connectivity index (χ1n) is 12.6. The molecule has 41 heavy (non-hydrogen) atoms. The summed E-state index contributed by atoms with van der Waals surface area (Å²) in [4.78, 5) is 26.3. The average molecular weight is 577 g/mol. The van der Waals surface area contributed by atoms with Gasteiger partial charge < -0.3 is 59.5 Å². The minimum absolute atomic E-state index is 0.0651. The number of aliphatic hydroxyl groups excluding tert-OH is 4. The van der Waals surface area contributed by atoms with Gasteiger partial charge in [0.15, 0.2) is 35.1 Å². The van der Waals surface area contributed by atoms with Gasteiger partial charge in [-0.15, -0.1) is 0 Å². The topological polar surface area (TPSA) is 237 Å². The normalized spacial score (nSPS) is 32.3. The summed E-state index contributed by atoms with van der Waals surface area (Å²) in [6, 6.07) is 5.67. The van der Waals surface area contributed by atoms with E-state index in [0.717, 1.165) is 18.2 Å². The molecule has 3 aromatic rings. The molecule has 2 aromatic carbocycles. The molecule has 0 amide bonds. The zero-order chi connectivity index (χ0) is 29.9. The van der Waals surface area contributed by atoms with E-state index in [2.05, 4.69) is 0 Å². The van der Waals surface area contributed by atoms with E-state index in [1.54, 1.807) is 0 Å². The van der Waals surface area contributed by atoms with Crippen LogP contribution >= 0.6 is 0 Å². The van der Waals surface area contributed by atoms with Crippen molar-refractivity contribution < 1.29 is 64.3 Å². The number of phenols is 4. The van der Waals surface area contributed by atoms with Gasteiger partial charge in [0.05, 0.1) is 17.8 Å². The SMILES string of the molecule is C[C@@H]1O[C@@H](O[C@@H]2C(=O)[C@@H](O)[C@@H](C)O[C@H]2c2c(O)cc3oc(-c4ccc(O)c(O)c4)cc(=O)c3c2O)[C@@H](O)[C@@H](O)[C@H]1O. The number of phenolic OH excluding ortho intramolecular Hbond substituents is 4. The number of carbonyl (C=O) groups excluding carboxylic acids is 1. The number of Topliss-reactive ketones (excluding diaryl/α,β-unsaturated/α-hetero) is 1. The van der Waals surface area contributed by atoms with Crippen molar-refractivity contribution in [1.82, 2.24) is 0 Å². The number of ketones is 1. The van der Waals surface area contributed by atoms with Crippen molar-refractivity contribution in [2.75, 3.05) is 0 Å². The second kappa shape index (κ2) is 10.6. The summed E-state index contributed by atoms with van der Waals surface area (Å²) in [7, 11) is 0. The molecule has 0 unspecified atom stereocenters. The van der Waals surface area contributed by atoms with Gasteiger partial charge in [0, 0.05) is 17.7 Å². The van der Waals surface area contributed by atoms with Crippen molar-refractivity contribution in [3.63, 3.8) is 0 Å². The van der Waals surface area contributed by atoms with Gasteiger partial charge in [-0.25, -0.2) is 0 Å². The molecule has 8 N–H and O–H groups in total. The number of ether oxygens (including phenoxy) is 3. The van der Waals surface area contributed by atoms with E-state index in [0.29, 0.717) is 0 Å². The molecule has 14 heteroatoms. The molecule has 0 radical (unpaired) electrons. The smallest absolute Gasteiger partial charge is 0.197 e. The third kappa shape index (κ3) is 4.89. The van der Waals surface area contributed by atoms with E-state index in [9.17, 15) is 50.4 Å². The summed E-state index contributed by atoms with van der Waals surface area (Å²) >= 11 is 0. The Kier molecular flexibility index (Phi) is 7.42. The summed E-state index contributed by atoms with van der Waals surface area (Å²) in [6.07, 6.45) is -14.1. The molecule has 220 valence electrons. The fourth-order valence-corrected chi connectivity index (χ4v) is 4.96. The molecule has 2 aliphatic heterocycles. The highest BCUT2D eigenvalue weighted by molar-refractivity contribution is 5.92. The minimum atomic E-state index is -1.82. The van der Waals surface area contributed by atoms with E-state index in [4.69, 9.17) is 18.6 Å². The molecule has 1 aromatic heterocycles. The first-order valence-corrected chi connectivity index (χ1v) is 12.6. The van der Waals surface area contributed by atoms with Crippen molar-refractivity contribution in [1.29, 1.82) is 0 Å². The number of benzene rings is 2. The predicted octanol–water partition coefficient (Wildman–Crippen LogP) is -0.115. The molecule has 9 atom stereocenters. The molecular weight excluding hydrogens is 548 g/mol. The first-order chi connectivity index (χ1) is 19.3. The van der Waals surface area contributed by atoms with E-state index in [-0.39, 0.29) is 16.9 Å². The maximum Gasteiger partial charge on any atom is 0.197 e. The number of hydrogen-bond acceptors (Lipinski definition) is 14. The molecule has 14 nitrogen and oxygen atoms in total. The quantitative estimate of drug-likeness (QED) is 0.189. The Morgan fingerprint density at radius 3 is 2.17 bits per heavy atom. The number of hydrogen-bond donors (Lipinski definition) is 8. The molecule has 0 aliphatic carbocycles. The molecule has 0 bridgehead atoms. The molecule has 3 heterocycles. The minimum Gasteiger partial charge on any atom is -0.507 e. The van der Waals surface area contributed by atoms with Crippen LogP contribution in [0.1, 0.15) is 25.5 Å². The fraction of sp³-hybridized carbons (Fsp3) is 0.407. The molecule has 0 spiro atoms. The highest BCUT2D eigenvalue weighted by Crippen LogP contribution is 2.45. The van der Waals surface area contributed by atoms with Crippen molar-refractivity contribution in [3.8, 4) is 34.3 Å². The van der Waals surface area contributed by atoms with Crippen molar-refractivity contribution in [2.24, 2.45) is 0 Å². The lowest BCUT2D eigenvalue weighted by Gasteiger charge is -2.43. The van der Waals surface area contributed by atoms with E-state index in [1.165, 1.54) is 26.0 Å². The van der Waals surface area contributed by atoms with Gasteiger partial charge in [0.25, 0.3) is 0 Å². The number of aliphatic hydroxyl groups is 4. The lowest BCUT2D eigenvalue weighted by molar-refractivity contribution is -0.314. The van der Waals surface area contributed by atoms with Crippen LogP contribution in [0.25, 0.3) is 22.3 Å². The highest BCUT2D eigenvalue weighted by atomic mass is 16.7. The van der Waals surface area contributed by atoms with Gasteiger partial charge in [0.2, 0.25) is 0 Å². The summed E-state index contributed by atoms with van der Waals surface area (Å²) in [6.45, 7) is 2.74. The van der Waals surface area contributed by atoms with Crippen molar-refractivity contribution >= 4 is 16.8 Å². The standard InChI is InChI=1S/C27H28O14/c1-8-20(33)23(36)26(41-27-24(37)22(35)19(32)9(2)39-27)25(38-8)18-14(31)7-16-17(21(18)34)13(30)6-15(40-16)10-3-4-11(28)12(29)5-10/h3-9,19-20,22,24-29,31-35,37H,1-2H3/t8-,9+,19+,20+,22+,24+,25+,26-,27+/m1/s1. The average Bonchev–Trinajstić information content (AvgIpc) is 2.92. The largest absolute Gasteiger partial charge is 0.507 e. The van der Waals surface area contributed by atoms with E-state index >= 15 is 0 Å². The molecular formula is C27H28O14. The van der Waals surface area contributed by atoms with Gasteiger partial charge in [-0.1, -0.05) is 0 Å². The number of rotatable bonds is 4. The fourth-order valence-electron chi connectivity index (χ4n) is 4.96. The summed E-state index contributed by atoms with van der Waals surface area (Å²) < 4.78 is 22.5. The number of carbonyl (C=O) groups is 1. The Bertz CT molecular complexity index is 1550. The second-order valence-corrected chi connectivity index (χ2v) is 10.1. The summed E-state index contributed by atoms with van der Waals surface area (Å²) in [5.41, 5.74) is -1.32. The lowest BCUT2D eigenvalue weighted by atomic mass is 9.90.